The molecule has 1 aromatic heterocycles. The lowest BCUT2D eigenvalue weighted by Crippen LogP contribution is -2.34. The Kier molecular flexibility index (Phi) is 6.98. The lowest BCUT2D eigenvalue weighted by molar-refractivity contribution is -0.625. The molecule has 3 aromatic carbocycles. The Bertz CT molecular complexity index is 1240. The maximum absolute atomic E-state index is 12.3. The van der Waals surface area contributed by atoms with Crippen LogP contribution in [-0.4, -0.2) is 28.1 Å². The molecule has 1 heterocycles. The molecule has 4 aromatic rings. The number of thioether (sulfide) groups is 1. The van der Waals surface area contributed by atoms with E-state index in [2.05, 4.69) is 36.7 Å². The lowest BCUT2D eigenvalue weighted by Gasteiger charge is -2.05. The number of amides is 1. The van der Waals surface area contributed by atoms with Crippen LogP contribution in [0.25, 0.3) is 17.1 Å². The maximum Gasteiger partial charge on any atom is 0.342 e. The SMILES string of the molecule is O=C(CSc1n[nH]c(-c2ccccc2)[n+]1-c1ccc(Br)cc1)N/N=C/c1cccc([O-])c1. The summed E-state index contributed by atoms with van der Waals surface area (Å²) in [6.07, 6.45) is 1.44. The summed E-state index contributed by atoms with van der Waals surface area (Å²) in [6.45, 7) is 0. The van der Waals surface area contributed by atoms with Gasteiger partial charge in [-0.3, -0.25) is 4.79 Å². The standard InChI is InChI=1S/C23H18BrN5O2S/c24-18-9-11-19(12-10-18)29-22(17-6-2-1-3-7-17)27-28-23(29)32-15-21(31)26-25-14-16-5-4-8-20(30)13-16/h1-14H,15H2,(H2,26,30,31)/b25-14+. The van der Waals surface area contributed by atoms with Crippen molar-refractivity contribution in [1.29, 1.82) is 0 Å². The van der Waals surface area contributed by atoms with E-state index >= 15 is 0 Å². The third kappa shape index (κ3) is 5.43. The van der Waals surface area contributed by atoms with Gasteiger partial charge >= 0.3 is 5.16 Å². The minimum absolute atomic E-state index is 0.110. The van der Waals surface area contributed by atoms with Gasteiger partial charge in [-0.25, -0.2) is 5.43 Å². The number of aromatic amines is 1. The van der Waals surface area contributed by atoms with Crippen LogP contribution in [0.1, 0.15) is 5.56 Å². The smallest absolute Gasteiger partial charge is 0.342 e. The predicted octanol–water partition coefficient (Wildman–Crippen LogP) is 3.43. The van der Waals surface area contributed by atoms with Crippen molar-refractivity contribution >= 4 is 39.8 Å². The van der Waals surface area contributed by atoms with Gasteiger partial charge in [0, 0.05) is 4.47 Å². The Morgan fingerprint density at radius 3 is 2.66 bits per heavy atom. The van der Waals surface area contributed by atoms with E-state index in [4.69, 9.17) is 0 Å². The predicted molar refractivity (Wildman–Crippen MR) is 126 cm³/mol. The van der Waals surface area contributed by atoms with Gasteiger partial charge in [-0.05, 0) is 53.7 Å². The summed E-state index contributed by atoms with van der Waals surface area (Å²) in [5.41, 5.74) is 5.00. The summed E-state index contributed by atoms with van der Waals surface area (Å²) in [6, 6.07) is 24.0. The van der Waals surface area contributed by atoms with Gasteiger partial charge < -0.3 is 5.11 Å². The fraction of sp³-hybridized carbons (Fsp3) is 0.0435. The number of hydrogen-bond donors (Lipinski definition) is 2. The van der Waals surface area contributed by atoms with Gasteiger partial charge in [0.1, 0.15) is 5.69 Å². The number of aromatic nitrogens is 3. The average molecular weight is 508 g/mol. The molecular formula is C23H18BrN5O2S. The third-order valence-electron chi connectivity index (χ3n) is 4.40. The van der Waals surface area contributed by atoms with Crippen molar-refractivity contribution in [2.24, 2.45) is 5.10 Å². The number of hydrogen-bond acceptors (Lipinski definition) is 5. The van der Waals surface area contributed by atoms with Gasteiger partial charge in [-0.1, -0.05) is 58.4 Å². The molecule has 4 rings (SSSR count). The number of H-pyrrole nitrogens is 1. The average Bonchev–Trinajstić information content (AvgIpc) is 3.23. The minimum atomic E-state index is -0.281. The highest BCUT2D eigenvalue weighted by atomic mass is 79.9. The fourth-order valence-corrected chi connectivity index (χ4v) is 3.97. The molecule has 0 aliphatic rings. The minimum Gasteiger partial charge on any atom is -0.872 e. The van der Waals surface area contributed by atoms with Gasteiger partial charge in [0.2, 0.25) is 0 Å². The quantitative estimate of drug-likeness (QED) is 0.173. The topological polar surface area (TPSA) is 97.1 Å². The van der Waals surface area contributed by atoms with Crippen molar-refractivity contribution < 1.29 is 14.5 Å². The van der Waals surface area contributed by atoms with E-state index in [-0.39, 0.29) is 17.4 Å². The first-order chi connectivity index (χ1) is 15.6. The Balaban J connectivity index is 1.50. The van der Waals surface area contributed by atoms with Crippen molar-refractivity contribution in [2.75, 3.05) is 5.75 Å². The number of rotatable bonds is 7. The van der Waals surface area contributed by atoms with Gasteiger partial charge in [0.15, 0.2) is 0 Å². The summed E-state index contributed by atoms with van der Waals surface area (Å²) in [7, 11) is 0. The van der Waals surface area contributed by atoms with Crippen LogP contribution >= 0.6 is 27.7 Å². The molecule has 160 valence electrons. The fourth-order valence-electron chi connectivity index (χ4n) is 2.95. The first-order valence-electron chi connectivity index (χ1n) is 9.64. The Morgan fingerprint density at radius 1 is 1.12 bits per heavy atom. The summed E-state index contributed by atoms with van der Waals surface area (Å²) in [5, 5.41) is 23.4. The summed E-state index contributed by atoms with van der Waals surface area (Å²) >= 11 is 4.76. The van der Waals surface area contributed by atoms with Crippen LogP contribution < -0.4 is 15.1 Å². The molecule has 32 heavy (non-hydrogen) atoms. The number of hydrazone groups is 1. The Morgan fingerprint density at radius 2 is 1.91 bits per heavy atom. The zero-order valence-electron chi connectivity index (χ0n) is 16.7. The first kappa shape index (κ1) is 21.8. The molecule has 2 N–H and O–H groups in total. The van der Waals surface area contributed by atoms with Crippen LogP contribution in [0.2, 0.25) is 0 Å². The van der Waals surface area contributed by atoms with Crippen LogP contribution in [-0.2, 0) is 4.79 Å². The van der Waals surface area contributed by atoms with Crippen LogP contribution in [0.4, 0.5) is 0 Å². The van der Waals surface area contributed by atoms with Gasteiger partial charge in [-0.15, -0.1) is 10.8 Å². The van der Waals surface area contributed by atoms with Crippen molar-refractivity contribution in [3.8, 4) is 22.8 Å². The number of nitrogens with zero attached hydrogens (tertiary/aromatic N) is 3. The molecule has 0 atom stereocenters. The third-order valence-corrected chi connectivity index (χ3v) is 5.86. The number of nitrogens with one attached hydrogen (secondary N) is 2. The summed E-state index contributed by atoms with van der Waals surface area (Å²) in [5.74, 6) is 0.540. The van der Waals surface area contributed by atoms with E-state index < -0.39 is 0 Å². The lowest BCUT2D eigenvalue weighted by atomic mass is 10.2. The van der Waals surface area contributed by atoms with E-state index in [1.54, 1.807) is 12.1 Å². The van der Waals surface area contributed by atoms with E-state index in [1.807, 2.05) is 59.2 Å². The normalized spacial score (nSPS) is 11.0. The highest BCUT2D eigenvalue weighted by Gasteiger charge is 2.24. The van der Waals surface area contributed by atoms with Crippen LogP contribution in [0, 0.1) is 0 Å². The molecular weight excluding hydrogens is 490 g/mol. The number of carbonyl (C=O) groups is 1. The summed E-state index contributed by atoms with van der Waals surface area (Å²) in [4.78, 5) is 12.3. The molecule has 7 nitrogen and oxygen atoms in total. The maximum atomic E-state index is 12.3. The Hall–Kier alpha value is -3.43. The number of carbonyl (C=O) groups excluding carboxylic acids is 1. The molecule has 9 heteroatoms. The van der Waals surface area contributed by atoms with Crippen molar-refractivity contribution in [3.63, 3.8) is 0 Å². The van der Waals surface area contributed by atoms with Crippen LogP contribution in [0.5, 0.6) is 5.75 Å². The van der Waals surface area contributed by atoms with E-state index in [9.17, 15) is 9.90 Å². The largest absolute Gasteiger partial charge is 0.872 e. The molecule has 0 saturated carbocycles. The van der Waals surface area contributed by atoms with E-state index in [0.29, 0.717) is 10.7 Å². The second kappa shape index (κ2) is 10.3. The molecule has 0 unspecified atom stereocenters. The van der Waals surface area contributed by atoms with Crippen molar-refractivity contribution in [3.05, 3.63) is 88.9 Å². The van der Waals surface area contributed by atoms with Gasteiger partial charge in [0.05, 0.1) is 22.6 Å². The van der Waals surface area contributed by atoms with Crippen molar-refractivity contribution in [2.45, 2.75) is 5.16 Å². The zero-order valence-corrected chi connectivity index (χ0v) is 19.1. The molecule has 0 spiro atoms. The second-order valence-electron chi connectivity index (χ2n) is 6.69. The first-order valence-corrected chi connectivity index (χ1v) is 11.4. The molecule has 0 fully saturated rings. The second-order valence-corrected chi connectivity index (χ2v) is 8.55. The zero-order chi connectivity index (χ0) is 22.3. The molecule has 1 amide bonds. The molecule has 0 aliphatic carbocycles. The molecule has 0 bridgehead atoms. The molecule has 0 aliphatic heterocycles. The van der Waals surface area contributed by atoms with E-state index in [1.165, 1.54) is 30.1 Å². The van der Waals surface area contributed by atoms with Gasteiger partial charge in [0.25, 0.3) is 11.7 Å². The molecule has 0 saturated heterocycles. The number of benzene rings is 3. The number of halogens is 1. The highest BCUT2D eigenvalue weighted by Crippen LogP contribution is 2.21. The van der Waals surface area contributed by atoms with E-state index in [0.717, 1.165) is 21.5 Å². The highest BCUT2D eigenvalue weighted by molar-refractivity contribution is 9.10. The Labute approximate surface area is 197 Å². The summed E-state index contributed by atoms with van der Waals surface area (Å²) < 4.78 is 2.95. The van der Waals surface area contributed by atoms with Gasteiger partial charge in [-0.2, -0.15) is 9.67 Å². The van der Waals surface area contributed by atoms with Crippen LogP contribution in [0.15, 0.2) is 93.6 Å². The van der Waals surface area contributed by atoms with Crippen LogP contribution in [0.3, 0.4) is 0 Å². The molecule has 0 radical (unpaired) electrons. The monoisotopic (exact) mass is 507 g/mol. The van der Waals surface area contributed by atoms with Crippen molar-refractivity contribution in [1.82, 2.24) is 15.6 Å².